The van der Waals surface area contributed by atoms with Crippen molar-refractivity contribution in [2.45, 2.75) is 66.2 Å². The van der Waals surface area contributed by atoms with E-state index in [1.165, 1.54) is 16.7 Å². The van der Waals surface area contributed by atoms with E-state index in [-0.39, 0.29) is 10.8 Å². The number of carbonyl (C=O) groups is 1. The first kappa shape index (κ1) is 17.3. The highest BCUT2D eigenvalue weighted by atomic mass is 16.4. The van der Waals surface area contributed by atoms with Gasteiger partial charge >= 0.3 is 5.97 Å². The lowest BCUT2D eigenvalue weighted by Gasteiger charge is -2.41. The molecule has 2 heteroatoms. The van der Waals surface area contributed by atoms with Crippen molar-refractivity contribution >= 4 is 5.97 Å². The van der Waals surface area contributed by atoms with Crippen LogP contribution in [0.1, 0.15) is 65.4 Å². The largest absolute Gasteiger partial charge is 0.481 e. The van der Waals surface area contributed by atoms with E-state index in [2.05, 4.69) is 39.8 Å². The standard InChI is InChI=1S/C22H30O2/c1-20(2)12-13-21(3,4)18-15-22(19(23)24,14-17(18)20)11-10-16-8-6-5-7-9-16/h5-9H,10-15H2,1-4H3,(H,23,24). The predicted molar refractivity (Wildman–Crippen MR) is 97.9 cm³/mol. The minimum absolute atomic E-state index is 0.148. The number of carboxylic acid groups (broad SMARTS) is 1. The van der Waals surface area contributed by atoms with Crippen LogP contribution in [-0.2, 0) is 11.2 Å². The number of aliphatic carboxylic acids is 1. The van der Waals surface area contributed by atoms with E-state index in [9.17, 15) is 9.90 Å². The Kier molecular flexibility index (Phi) is 4.14. The topological polar surface area (TPSA) is 37.3 Å². The van der Waals surface area contributed by atoms with Crippen molar-refractivity contribution in [1.29, 1.82) is 0 Å². The van der Waals surface area contributed by atoms with Crippen molar-refractivity contribution in [3.63, 3.8) is 0 Å². The van der Waals surface area contributed by atoms with Gasteiger partial charge in [-0.05, 0) is 54.9 Å². The fraction of sp³-hybridized carbons (Fsp3) is 0.591. The van der Waals surface area contributed by atoms with E-state index in [0.717, 1.165) is 38.5 Å². The minimum atomic E-state index is -0.612. The van der Waals surface area contributed by atoms with Crippen molar-refractivity contribution in [3.8, 4) is 0 Å². The smallest absolute Gasteiger partial charge is 0.310 e. The van der Waals surface area contributed by atoms with Gasteiger partial charge < -0.3 is 5.11 Å². The number of hydrogen-bond donors (Lipinski definition) is 1. The molecule has 0 bridgehead atoms. The Morgan fingerprint density at radius 3 is 1.92 bits per heavy atom. The van der Waals surface area contributed by atoms with Crippen molar-refractivity contribution in [2.75, 3.05) is 0 Å². The van der Waals surface area contributed by atoms with E-state index in [1.54, 1.807) is 0 Å². The molecule has 130 valence electrons. The fourth-order valence-corrected chi connectivity index (χ4v) is 4.64. The van der Waals surface area contributed by atoms with Crippen molar-refractivity contribution < 1.29 is 9.90 Å². The van der Waals surface area contributed by atoms with Crippen molar-refractivity contribution in [2.24, 2.45) is 16.2 Å². The summed E-state index contributed by atoms with van der Waals surface area (Å²) in [4.78, 5) is 12.3. The molecule has 3 rings (SSSR count). The molecule has 0 fully saturated rings. The lowest BCUT2D eigenvalue weighted by molar-refractivity contribution is -0.149. The normalized spacial score (nSPS) is 23.8. The third kappa shape index (κ3) is 2.92. The second-order valence-electron chi connectivity index (χ2n) is 9.15. The molecule has 1 aromatic rings. The van der Waals surface area contributed by atoms with Crippen molar-refractivity contribution in [3.05, 3.63) is 47.0 Å². The van der Waals surface area contributed by atoms with Gasteiger partial charge in [0, 0.05) is 0 Å². The molecule has 0 aromatic heterocycles. The van der Waals surface area contributed by atoms with Gasteiger partial charge in [0.2, 0.25) is 0 Å². The average Bonchev–Trinajstić information content (AvgIpc) is 2.95. The van der Waals surface area contributed by atoms with Crippen LogP contribution in [0.15, 0.2) is 41.5 Å². The number of rotatable bonds is 4. The minimum Gasteiger partial charge on any atom is -0.481 e. The first-order valence-electron chi connectivity index (χ1n) is 9.17. The van der Waals surface area contributed by atoms with Crippen LogP contribution in [-0.4, -0.2) is 11.1 Å². The molecule has 0 radical (unpaired) electrons. The molecule has 0 spiro atoms. The van der Waals surface area contributed by atoms with Gasteiger partial charge in [-0.1, -0.05) is 69.2 Å². The summed E-state index contributed by atoms with van der Waals surface area (Å²) in [5, 5.41) is 10.1. The lowest BCUT2D eigenvalue weighted by atomic mass is 9.64. The molecule has 0 atom stereocenters. The fourth-order valence-electron chi connectivity index (χ4n) is 4.64. The van der Waals surface area contributed by atoms with Gasteiger partial charge in [-0.15, -0.1) is 0 Å². The van der Waals surface area contributed by atoms with Gasteiger partial charge in [0.25, 0.3) is 0 Å². The third-order valence-corrected chi connectivity index (χ3v) is 6.59. The van der Waals surface area contributed by atoms with E-state index < -0.39 is 11.4 Å². The summed E-state index contributed by atoms with van der Waals surface area (Å²) < 4.78 is 0. The first-order valence-corrected chi connectivity index (χ1v) is 9.17. The van der Waals surface area contributed by atoms with Gasteiger partial charge in [0.1, 0.15) is 0 Å². The summed E-state index contributed by atoms with van der Waals surface area (Å²) in [7, 11) is 0. The molecule has 0 amide bonds. The monoisotopic (exact) mass is 326 g/mol. The summed E-state index contributed by atoms with van der Waals surface area (Å²) in [5.74, 6) is -0.612. The van der Waals surface area contributed by atoms with Gasteiger partial charge in [0.15, 0.2) is 0 Å². The zero-order chi connectivity index (χ0) is 17.6. The predicted octanol–water partition coefficient (Wildman–Crippen LogP) is 5.63. The highest BCUT2D eigenvalue weighted by Crippen LogP contribution is 2.60. The molecule has 2 nitrogen and oxygen atoms in total. The van der Waals surface area contributed by atoms with Gasteiger partial charge in [-0.2, -0.15) is 0 Å². The molecule has 0 saturated carbocycles. The van der Waals surface area contributed by atoms with E-state index >= 15 is 0 Å². The zero-order valence-corrected chi connectivity index (χ0v) is 15.5. The quantitative estimate of drug-likeness (QED) is 0.728. The Balaban J connectivity index is 1.88. The first-order chi connectivity index (χ1) is 11.2. The number of carboxylic acids is 1. The second-order valence-corrected chi connectivity index (χ2v) is 9.15. The maximum absolute atomic E-state index is 12.3. The van der Waals surface area contributed by atoms with E-state index in [0.29, 0.717) is 0 Å². The Morgan fingerprint density at radius 2 is 1.46 bits per heavy atom. The van der Waals surface area contributed by atoms with Crippen LogP contribution in [0, 0.1) is 16.2 Å². The lowest BCUT2D eigenvalue weighted by Crippen LogP contribution is -2.30. The molecule has 24 heavy (non-hydrogen) atoms. The van der Waals surface area contributed by atoms with Crippen LogP contribution in [0.25, 0.3) is 0 Å². The van der Waals surface area contributed by atoms with E-state index in [1.807, 2.05) is 18.2 Å². The Bertz CT molecular complexity index is 636. The summed E-state index contributed by atoms with van der Waals surface area (Å²) in [6.07, 6.45) is 5.36. The molecule has 0 unspecified atom stereocenters. The maximum Gasteiger partial charge on any atom is 0.310 e. The van der Waals surface area contributed by atoms with Gasteiger partial charge in [-0.25, -0.2) is 0 Å². The maximum atomic E-state index is 12.3. The van der Waals surface area contributed by atoms with Crippen LogP contribution in [0.3, 0.4) is 0 Å². The summed E-state index contributed by atoms with van der Waals surface area (Å²) in [6.45, 7) is 9.19. The molecule has 0 aliphatic heterocycles. The van der Waals surface area contributed by atoms with Gasteiger partial charge in [-0.3, -0.25) is 4.79 Å². The summed E-state index contributed by atoms with van der Waals surface area (Å²) in [5.41, 5.74) is 3.80. The number of benzene rings is 1. The molecule has 2 aliphatic rings. The molecule has 0 saturated heterocycles. The van der Waals surface area contributed by atoms with E-state index in [4.69, 9.17) is 0 Å². The van der Waals surface area contributed by atoms with Crippen LogP contribution in [0.4, 0.5) is 0 Å². The molecule has 1 N–H and O–H groups in total. The highest BCUT2D eigenvalue weighted by Gasteiger charge is 2.52. The number of aryl methyl sites for hydroxylation is 1. The number of allylic oxidation sites excluding steroid dienone is 2. The average molecular weight is 326 g/mol. The van der Waals surface area contributed by atoms with Crippen LogP contribution in [0.2, 0.25) is 0 Å². The highest BCUT2D eigenvalue weighted by molar-refractivity contribution is 5.77. The third-order valence-electron chi connectivity index (χ3n) is 6.59. The summed E-state index contributed by atoms with van der Waals surface area (Å²) >= 11 is 0. The second kappa shape index (κ2) is 5.75. The Morgan fingerprint density at radius 1 is 0.958 bits per heavy atom. The van der Waals surface area contributed by atoms with Crippen LogP contribution >= 0.6 is 0 Å². The van der Waals surface area contributed by atoms with Crippen LogP contribution < -0.4 is 0 Å². The van der Waals surface area contributed by atoms with Crippen molar-refractivity contribution in [1.82, 2.24) is 0 Å². The molecular formula is C22H30O2. The molecular weight excluding hydrogens is 296 g/mol. The Hall–Kier alpha value is -1.57. The van der Waals surface area contributed by atoms with Crippen LogP contribution in [0.5, 0.6) is 0 Å². The number of hydrogen-bond acceptors (Lipinski definition) is 1. The molecule has 1 aromatic carbocycles. The SMILES string of the molecule is CC1(C)CCC(C)(C)C2=C1CC(CCc1ccccc1)(C(=O)O)C2. The zero-order valence-electron chi connectivity index (χ0n) is 15.5. The van der Waals surface area contributed by atoms with Gasteiger partial charge in [0.05, 0.1) is 5.41 Å². The summed E-state index contributed by atoms with van der Waals surface area (Å²) in [6, 6.07) is 10.3. The Labute approximate surface area is 146 Å². The molecule has 2 aliphatic carbocycles. The molecule has 0 heterocycles.